The smallest absolute Gasteiger partial charge is 0.384 e. The Morgan fingerprint density at radius 2 is 1.82 bits per heavy atom. The predicted octanol–water partition coefficient (Wildman–Crippen LogP) is 5.12. The molecule has 3 rings (SSSR count). The van der Waals surface area contributed by atoms with E-state index in [1.807, 2.05) is 24.6 Å². The fraction of sp³-hybridized carbons (Fsp3) is 0.421. The highest BCUT2D eigenvalue weighted by atomic mass is 32.2. The third-order valence-electron chi connectivity index (χ3n) is 4.42. The first-order chi connectivity index (χ1) is 12.9. The minimum absolute atomic E-state index is 0.0224. The average molecular weight is 409 g/mol. The van der Waals surface area contributed by atoms with Crippen LogP contribution in [0.25, 0.3) is 10.9 Å². The van der Waals surface area contributed by atoms with Gasteiger partial charge >= 0.3 is 6.18 Å². The van der Waals surface area contributed by atoms with Gasteiger partial charge in [-0.1, -0.05) is 32.5 Å². The molecule has 0 radical (unpaired) electrons. The molecule has 1 unspecified atom stereocenters. The van der Waals surface area contributed by atoms with Crippen molar-refractivity contribution in [3.63, 3.8) is 0 Å². The minimum Gasteiger partial charge on any atom is -0.384 e. The molecule has 0 aliphatic carbocycles. The first-order valence-corrected chi connectivity index (χ1v) is 9.58. The van der Waals surface area contributed by atoms with Crippen molar-refractivity contribution in [2.24, 2.45) is 7.05 Å². The van der Waals surface area contributed by atoms with Gasteiger partial charge in [-0.25, -0.2) is 9.97 Å². The van der Waals surface area contributed by atoms with E-state index in [0.717, 1.165) is 34.4 Å². The Morgan fingerprint density at radius 3 is 2.43 bits per heavy atom. The van der Waals surface area contributed by atoms with Crippen molar-refractivity contribution in [1.82, 2.24) is 19.5 Å². The van der Waals surface area contributed by atoms with Crippen LogP contribution in [0.5, 0.6) is 0 Å². The number of nitrogens with zero attached hydrogens (tertiary/aromatic N) is 4. The van der Waals surface area contributed by atoms with E-state index < -0.39 is 11.9 Å². The van der Waals surface area contributed by atoms with Gasteiger partial charge in [0.25, 0.3) is 0 Å². The number of rotatable bonds is 3. The quantitative estimate of drug-likeness (QED) is 0.481. The lowest BCUT2D eigenvalue weighted by molar-refractivity contribution is -0.141. The van der Waals surface area contributed by atoms with E-state index in [1.54, 1.807) is 6.20 Å². The molecule has 28 heavy (non-hydrogen) atoms. The van der Waals surface area contributed by atoms with Crippen molar-refractivity contribution < 1.29 is 13.2 Å². The Labute approximate surface area is 165 Å². The molecule has 0 aromatic carbocycles. The number of aromatic nitrogens is 4. The zero-order valence-electron chi connectivity index (χ0n) is 16.3. The lowest BCUT2D eigenvalue weighted by Crippen LogP contribution is -2.11. The van der Waals surface area contributed by atoms with Gasteiger partial charge in [-0.05, 0) is 24.0 Å². The Kier molecular flexibility index (Phi) is 5.07. The topological polar surface area (TPSA) is 69.6 Å². The molecule has 0 bridgehead atoms. The normalized spacial score (nSPS) is 13.9. The molecular weight excluding hydrogens is 387 g/mol. The molecule has 0 aliphatic heterocycles. The van der Waals surface area contributed by atoms with E-state index in [-0.39, 0.29) is 21.6 Å². The number of hydrogen-bond acceptors (Lipinski definition) is 5. The van der Waals surface area contributed by atoms with Crippen molar-refractivity contribution in [2.45, 2.75) is 49.7 Å². The number of fused-ring (bicyclic) bond motifs is 1. The molecular formula is C19H22F3N5S. The van der Waals surface area contributed by atoms with Gasteiger partial charge in [0.05, 0.1) is 22.7 Å². The molecule has 5 nitrogen and oxygen atoms in total. The summed E-state index contributed by atoms with van der Waals surface area (Å²) >= 11 is 1.10. The Balaban J connectivity index is 1.96. The number of nitrogens with two attached hydrogens (primary N) is 1. The van der Waals surface area contributed by atoms with Crippen LogP contribution in [0.3, 0.4) is 0 Å². The number of alkyl halides is 3. The van der Waals surface area contributed by atoms with Gasteiger partial charge in [-0.15, -0.1) is 0 Å². The van der Waals surface area contributed by atoms with Crippen molar-refractivity contribution in [1.29, 1.82) is 0 Å². The number of thioether (sulfide) groups is 1. The summed E-state index contributed by atoms with van der Waals surface area (Å²) in [6.07, 6.45) is -0.693. The molecule has 3 aromatic heterocycles. The Morgan fingerprint density at radius 1 is 1.14 bits per heavy atom. The van der Waals surface area contributed by atoms with E-state index in [9.17, 15) is 13.2 Å². The van der Waals surface area contributed by atoms with Gasteiger partial charge < -0.3 is 10.3 Å². The maximum absolute atomic E-state index is 13.0. The number of halogens is 3. The molecule has 0 amide bonds. The first-order valence-electron chi connectivity index (χ1n) is 8.70. The van der Waals surface area contributed by atoms with Crippen LogP contribution in [0.15, 0.2) is 29.7 Å². The van der Waals surface area contributed by atoms with Gasteiger partial charge in [0.2, 0.25) is 0 Å². The number of aryl methyl sites for hydroxylation is 1. The standard InChI is InChI=1S/C19H22F3N5S/c1-10(28-17-25-15(19(20,21)22)7-16(23)26-17)13-6-11-12(18(2,3)4)9-27(5)14(11)8-24-13/h6-10H,1-5H3,(H2,23,25,26). The van der Waals surface area contributed by atoms with E-state index >= 15 is 0 Å². The van der Waals surface area contributed by atoms with Crippen LogP contribution in [0.4, 0.5) is 19.0 Å². The molecule has 9 heteroatoms. The molecule has 1 atom stereocenters. The second-order valence-corrected chi connectivity index (χ2v) is 9.06. The lowest BCUT2D eigenvalue weighted by atomic mass is 9.87. The molecule has 150 valence electrons. The number of anilines is 1. The highest BCUT2D eigenvalue weighted by molar-refractivity contribution is 7.99. The molecule has 3 aromatic rings. The predicted molar refractivity (Wildman–Crippen MR) is 105 cm³/mol. The van der Waals surface area contributed by atoms with Crippen LogP contribution in [-0.4, -0.2) is 19.5 Å². The van der Waals surface area contributed by atoms with Crippen LogP contribution in [0, 0.1) is 0 Å². The summed E-state index contributed by atoms with van der Waals surface area (Å²) in [4.78, 5) is 12.0. The average Bonchev–Trinajstić information content (AvgIpc) is 2.90. The highest BCUT2D eigenvalue weighted by Gasteiger charge is 2.33. The number of nitrogen functional groups attached to an aromatic ring is 1. The summed E-state index contributed by atoms with van der Waals surface area (Å²) in [6.45, 7) is 8.27. The highest BCUT2D eigenvalue weighted by Crippen LogP contribution is 2.37. The fourth-order valence-corrected chi connectivity index (χ4v) is 3.85. The van der Waals surface area contributed by atoms with E-state index in [0.29, 0.717) is 0 Å². The second kappa shape index (κ2) is 6.95. The largest absolute Gasteiger partial charge is 0.433 e. The van der Waals surface area contributed by atoms with Gasteiger partial charge in [0, 0.05) is 24.7 Å². The van der Waals surface area contributed by atoms with Crippen LogP contribution >= 0.6 is 11.8 Å². The van der Waals surface area contributed by atoms with Crippen molar-refractivity contribution >= 4 is 28.5 Å². The van der Waals surface area contributed by atoms with Crippen LogP contribution in [0.2, 0.25) is 0 Å². The number of pyridine rings is 1. The van der Waals surface area contributed by atoms with Crippen LogP contribution in [-0.2, 0) is 18.6 Å². The summed E-state index contributed by atoms with van der Waals surface area (Å²) in [5.74, 6) is -0.210. The summed E-state index contributed by atoms with van der Waals surface area (Å²) in [5, 5.41) is 0.808. The molecule has 0 saturated heterocycles. The molecule has 0 aliphatic rings. The number of hydrogen-bond donors (Lipinski definition) is 1. The third kappa shape index (κ3) is 4.09. The SMILES string of the molecule is CC(Sc1nc(N)cc(C(F)(F)F)n1)c1cc2c(C(C)(C)C)cn(C)c2cn1. The van der Waals surface area contributed by atoms with E-state index in [4.69, 9.17) is 5.73 Å². The summed E-state index contributed by atoms with van der Waals surface area (Å²) < 4.78 is 40.9. The van der Waals surface area contributed by atoms with E-state index in [2.05, 4.69) is 41.9 Å². The molecule has 0 saturated carbocycles. The van der Waals surface area contributed by atoms with Crippen molar-refractivity contribution in [3.05, 3.63) is 41.5 Å². The monoisotopic (exact) mass is 409 g/mol. The van der Waals surface area contributed by atoms with Gasteiger partial charge in [-0.2, -0.15) is 13.2 Å². The Hall–Kier alpha value is -2.29. The van der Waals surface area contributed by atoms with Crippen molar-refractivity contribution in [3.8, 4) is 0 Å². The first kappa shape index (κ1) is 20.4. The maximum atomic E-state index is 13.0. The van der Waals surface area contributed by atoms with Crippen LogP contribution in [0.1, 0.15) is 49.9 Å². The zero-order valence-corrected chi connectivity index (χ0v) is 17.1. The van der Waals surface area contributed by atoms with Crippen LogP contribution < -0.4 is 5.73 Å². The lowest BCUT2D eigenvalue weighted by Gasteiger charge is -2.18. The fourth-order valence-electron chi connectivity index (χ4n) is 2.97. The molecule has 2 N–H and O–H groups in total. The Bertz CT molecular complexity index is 1020. The van der Waals surface area contributed by atoms with E-state index in [1.165, 1.54) is 5.56 Å². The van der Waals surface area contributed by atoms with Gasteiger partial charge in [-0.3, -0.25) is 4.98 Å². The second-order valence-electron chi connectivity index (χ2n) is 7.75. The summed E-state index contributed by atoms with van der Waals surface area (Å²) in [7, 11) is 1.97. The minimum atomic E-state index is -4.57. The molecule has 3 heterocycles. The van der Waals surface area contributed by atoms with Gasteiger partial charge in [0.1, 0.15) is 5.82 Å². The maximum Gasteiger partial charge on any atom is 0.433 e. The summed E-state index contributed by atoms with van der Waals surface area (Å²) in [6, 6.07) is 2.73. The van der Waals surface area contributed by atoms with Crippen molar-refractivity contribution in [2.75, 3.05) is 5.73 Å². The third-order valence-corrected chi connectivity index (χ3v) is 5.41. The molecule has 0 spiro atoms. The molecule has 0 fully saturated rings. The van der Waals surface area contributed by atoms with Gasteiger partial charge in [0.15, 0.2) is 10.9 Å². The summed E-state index contributed by atoms with van der Waals surface area (Å²) in [5.41, 5.74) is 7.37. The zero-order chi connectivity index (χ0) is 20.9.